The van der Waals surface area contributed by atoms with Gasteiger partial charge in [-0.1, -0.05) is 26.2 Å². The number of nitrogens with one attached hydrogen (secondary N) is 1. The Bertz CT molecular complexity index is 402. The van der Waals surface area contributed by atoms with Crippen LogP contribution in [0.1, 0.15) is 45.4 Å². The maximum Gasteiger partial charge on any atom is 0.215 e. The molecule has 0 bridgehead atoms. The fraction of sp³-hybridized carbons (Fsp3) is 0.667. The predicted molar refractivity (Wildman–Crippen MR) is 79.5 cm³/mol. The number of ether oxygens (including phenoxy) is 1. The highest BCUT2D eigenvalue weighted by Crippen LogP contribution is 2.30. The fourth-order valence-electron chi connectivity index (χ4n) is 2.95. The zero-order valence-corrected chi connectivity index (χ0v) is 12.0. The molecule has 1 fully saturated rings. The number of hydrogen-bond donors (Lipinski definition) is 2. The molecule has 2 rings (SSSR count). The first kappa shape index (κ1) is 14.0. The molecule has 4 nitrogen and oxygen atoms in total. The molecular formula is C15H25N3O. The lowest BCUT2D eigenvalue weighted by atomic mass is 9.83. The Morgan fingerprint density at radius 2 is 2.11 bits per heavy atom. The molecule has 0 radical (unpaired) electrons. The summed E-state index contributed by atoms with van der Waals surface area (Å²) in [5.41, 5.74) is 6.69. The summed E-state index contributed by atoms with van der Waals surface area (Å²) in [7, 11) is 1.63. The first-order chi connectivity index (χ1) is 9.24. The van der Waals surface area contributed by atoms with Gasteiger partial charge in [-0.3, -0.25) is 0 Å². The van der Waals surface area contributed by atoms with E-state index in [2.05, 4.69) is 17.2 Å². The van der Waals surface area contributed by atoms with Crippen LogP contribution >= 0.6 is 0 Å². The Hall–Kier alpha value is -1.45. The van der Waals surface area contributed by atoms with E-state index in [4.69, 9.17) is 10.5 Å². The lowest BCUT2D eigenvalue weighted by molar-refractivity contribution is 0.312. The van der Waals surface area contributed by atoms with E-state index in [1.54, 1.807) is 13.2 Å². The van der Waals surface area contributed by atoms with Crippen molar-refractivity contribution in [2.45, 2.75) is 51.5 Å². The van der Waals surface area contributed by atoms with Crippen molar-refractivity contribution in [2.24, 2.45) is 5.92 Å². The van der Waals surface area contributed by atoms with Crippen LogP contribution in [0.15, 0.2) is 12.1 Å². The smallest absolute Gasteiger partial charge is 0.215 e. The lowest BCUT2D eigenvalue weighted by Gasteiger charge is -2.31. The van der Waals surface area contributed by atoms with Crippen LogP contribution in [0.25, 0.3) is 0 Å². The summed E-state index contributed by atoms with van der Waals surface area (Å²) in [6, 6.07) is 4.10. The number of nitrogens with two attached hydrogens (primary N) is 1. The van der Waals surface area contributed by atoms with Gasteiger partial charge in [0.2, 0.25) is 5.88 Å². The second kappa shape index (κ2) is 6.64. The summed E-state index contributed by atoms with van der Waals surface area (Å²) in [5.74, 6) is 2.11. The van der Waals surface area contributed by atoms with Crippen LogP contribution in [0.4, 0.5) is 11.5 Å². The van der Waals surface area contributed by atoms with E-state index in [0.717, 1.165) is 18.2 Å². The third-order valence-electron chi connectivity index (χ3n) is 4.09. The average molecular weight is 263 g/mol. The van der Waals surface area contributed by atoms with Crippen molar-refractivity contribution in [3.05, 3.63) is 12.1 Å². The number of hydrogen-bond acceptors (Lipinski definition) is 4. The number of pyridine rings is 1. The summed E-state index contributed by atoms with van der Waals surface area (Å²) < 4.78 is 5.16. The maximum atomic E-state index is 6.00. The second-order valence-corrected chi connectivity index (χ2v) is 5.35. The van der Waals surface area contributed by atoms with Gasteiger partial charge in [0.05, 0.1) is 12.8 Å². The van der Waals surface area contributed by atoms with E-state index < -0.39 is 0 Å². The van der Waals surface area contributed by atoms with Crippen LogP contribution in [0.3, 0.4) is 0 Å². The monoisotopic (exact) mass is 263 g/mol. The van der Waals surface area contributed by atoms with Gasteiger partial charge in [0, 0.05) is 12.1 Å². The van der Waals surface area contributed by atoms with Crippen LogP contribution in [0, 0.1) is 5.92 Å². The van der Waals surface area contributed by atoms with Crippen LogP contribution in [0.5, 0.6) is 5.88 Å². The summed E-state index contributed by atoms with van der Waals surface area (Å²) >= 11 is 0. The zero-order valence-electron chi connectivity index (χ0n) is 12.0. The van der Waals surface area contributed by atoms with Crippen molar-refractivity contribution in [3.8, 4) is 5.88 Å². The van der Waals surface area contributed by atoms with Crippen molar-refractivity contribution < 1.29 is 4.74 Å². The van der Waals surface area contributed by atoms with E-state index in [1.165, 1.54) is 32.1 Å². The van der Waals surface area contributed by atoms with Crippen molar-refractivity contribution in [3.63, 3.8) is 0 Å². The zero-order chi connectivity index (χ0) is 13.7. The molecule has 19 heavy (non-hydrogen) atoms. The summed E-state index contributed by atoms with van der Waals surface area (Å²) in [6.07, 6.45) is 7.81. The molecule has 0 aliphatic heterocycles. The SMILES string of the molecule is CCC(Nc1nc(OC)ccc1N)C1CCCCC1. The van der Waals surface area contributed by atoms with E-state index in [9.17, 15) is 0 Å². The molecule has 1 aliphatic rings. The molecule has 3 N–H and O–H groups in total. The minimum Gasteiger partial charge on any atom is -0.481 e. The second-order valence-electron chi connectivity index (χ2n) is 5.35. The van der Waals surface area contributed by atoms with E-state index in [-0.39, 0.29) is 0 Å². The lowest BCUT2D eigenvalue weighted by Crippen LogP contribution is -2.30. The minimum atomic E-state index is 0.460. The van der Waals surface area contributed by atoms with Crippen LogP contribution < -0.4 is 15.8 Å². The number of anilines is 2. The third-order valence-corrected chi connectivity index (χ3v) is 4.09. The molecule has 4 heteroatoms. The molecule has 0 aromatic carbocycles. The molecular weight excluding hydrogens is 238 g/mol. The van der Waals surface area contributed by atoms with Gasteiger partial charge in [-0.05, 0) is 31.2 Å². The van der Waals surface area contributed by atoms with E-state index in [0.29, 0.717) is 17.6 Å². The predicted octanol–water partition coefficient (Wildman–Crippen LogP) is 3.44. The van der Waals surface area contributed by atoms with Gasteiger partial charge >= 0.3 is 0 Å². The molecule has 1 heterocycles. The Balaban J connectivity index is 2.08. The highest BCUT2D eigenvalue weighted by Gasteiger charge is 2.23. The molecule has 1 saturated carbocycles. The van der Waals surface area contributed by atoms with Crippen LogP contribution in [-0.2, 0) is 0 Å². The highest BCUT2D eigenvalue weighted by molar-refractivity contribution is 5.62. The largest absolute Gasteiger partial charge is 0.481 e. The average Bonchev–Trinajstić information content (AvgIpc) is 2.47. The van der Waals surface area contributed by atoms with Gasteiger partial charge in [-0.2, -0.15) is 4.98 Å². The Kier molecular flexibility index (Phi) is 4.88. The molecule has 1 aromatic rings. The third kappa shape index (κ3) is 3.52. The minimum absolute atomic E-state index is 0.460. The molecule has 106 valence electrons. The van der Waals surface area contributed by atoms with Crippen LogP contribution in [-0.4, -0.2) is 18.1 Å². The Labute approximate surface area is 115 Å². The normalized spacial score (nSPS) is 18.0. The van der Waals surface area contributed by atoms with Gasteiger partial charge in [-0.25, -0.2) is 0 Å². The van der Waals surface area contributed by atoms with Gasteiger partial charge in [0.1, 0.15) is 0 Å². The summed E-state index contributed by atoms with van der Waals surface area (Å²) in [4.78, 5) is 4.42. The number of nitrogens with zero attached hydrogens (tertiary/aromatic N) is 1. The summed E-state index contributed by atoms with van der Waals surface area (Å²) in [6.45, 7) is 2.22. The quantitative estimate of drug-likeness (QED) is 0.854. The summed E-state index contributed by atoms with van der Waals surface area (Å²) in [5, 5.41) is 3.53. The number of aromatic nitrogens is 1. The van der Waals surface area contributed by atoms with Crippen molar-refractivity contribution >= 4 is 11.5 Å². The van der Waals surface area contributed by atoms with Gasteiger partial charge < -0.3 is 15.8 Å². The van der Waals surface area contributed by atoms with Crippen molar-refractivity contribution in [2.75, 3.05) is 18.2 Å². The first-order valence-electron chi connectivity index (χ1n) is 7.31. The van der Waals surface area contributed by atoms with E-state index >= 15 is 0 Å². The van der Waals surface area contributed by atoms with E-state index in [1.807, 2.05) is 6.07 Å². The van der Waals surface area contributed by atoms with Crippen molar-refractivity contribution in [1.82, 2.24) is 4.98 Å². The fourth-order valence-corrected chi connectivity index (χ4v) is 2.95. The number of rotatable bonds is 5. The van der Waals surface area contributed by atoms with Crippen molar-refractivity contribution in [1.29, 1.82) is 0 Å². The first-order valence-corrected chi connectivity index (χ1v) is 7.31. The van der Waals surface area contributed by atoms with Gasteiger partial charge in [0.25, 0.3) is 0 Å². The molecule has 0 spiro atoms. The topological polar surface area (TPSA) is 60.2 Å². The van der Waals surface area contributed by atoms with Gasteiger partial charge in [-0.15, -0.1) is 0 Å². The maximum absolute atomic E-state index is 6.00. The molecule has 0 saturated heterocycles. The number of methoxy groups -OCH3 is 1. The molecule has 1 aromatic heterocycles. The molecule has 1 aliphatic carbocycles. The molecule has 1 unspecified atom stereocenters. The Morgan fingerprint density at radius 3 is 2.74 bits per heavy atom. The highest BCUT2D eigenvalue weighted by atomic mass is 16.5. The number of nitrogen functional groups attached to an aromatic ring is 1. The van der Waals surface area contributed by atoms with Crippen LogP contribution in [0.2, 0.25) is 0 Å². The molecule has 0 amide bonds. The molecule has 1 atom stereocenters. The standard InChI is InChI=1S/C15H25N3O/c1-3-13(11-7-5-4-6-8-11)17-15-12(16)9-10-14(18-15)19-2/h9-11,13H,3-8,16H2,1-2H3,(H,17,18). The Morgan fingerprint density at radius 1 is 1.37 bits per heavy atom. The van der Waals surface area contributed by atoms with Gasteiger partial charge in [0.15, 0.2) is 5.82 Å².